The van der Waals surface area contributed by atoms with E-state index >= 15 is 0 Å². The number of aliphatic hydroxyl groups is 2. The molecule has 0 fully saturated rings. The van der Waals surface area contributed by atoms with Crippen LogP contribution in [-0.4, -0.2) is 82.4 Å². The third-order valence-electron chi connectivity index (χ3n) is 6.28. The summed E-state index contributed by atoms with van der Waals surface area (Å²) in [6, 6.07) is 12.2. The predicted octanol–water partition coefficient (Wildman–Crippen LogP) is 1.26. The first kappa shape index (κ1) is 31.9. The lowest BCUT2D eigenvalue weighted by Crippen LogP contribution is -2.42. The van der Waals surface area contributed by atoms with Crippen LogP contribution >= 0.6 is 0 Å². The number of aromatic nitrogens is 3. The Balaban J connectivity index is 0.000000316. The lowest BCUT2D eigenvalue weighted by Gasteiger charge is -2.28. The Kier molecular flexibility index (Phi) is 10.9. The Labute approximate surface area is 239 Å². The van der Waals surface area contributed by atoms with Crippen LogP contribution < -0.4 is 9.47 Å². The number of rotatable bonds is 12. The molecular weight excluding hydrogens is 559 g/mol. The van der Waals surface area contributed by atoms with Gasteiger partial charge in [0.25, 0.3) is 0 Å². The van der Waals surface area contributed by atoms with Crippen LogP contribution in [0.15, 0.2) is 42.5 Å². The second-order valence-corrected chi connectivity index (χ2v) is 9.40. The molecule has 15 heteroatoms. The number of methoxy groups -OCH3 is 1. The second-order valence-electron chi connectivity index (χ2n) is 9.40. The summed E-state index contributed by atoms with van der Waals surface area (Å²) in [5, 5.41) is 51.4. The predicted molar refractivity (Wildman–Crippen MR) is 141 cm³/mol. The van der Waals surface area contributed by atoms with Crippen molar-refractivity contribution < 1.29 is 53.8 Å². The van der Waals surface area contributed by atoms with Gasteiger partial charge in [0.05, 0.1) is 26.5 Å². The number of carboxylic acids is 3. The molecule has 2 heterocycles. The van der Waals surface area contributed by atoms with Crippen LogP contribution in [0.2, 0.25) is 0 Å². The summed E-state index contributed by atoms with van der Waals surface area (Å²) in [5.74, 6) is -2.57. The minimum atomic E-state index is -2.74. The molecule has 0 bridgehead atoms. The highest BCUT2D eigenvalue weighted by atomic mass is 19.1. The molecule has 0 unspecified atom stereocenters. The average Bonchev–Trinajstić information content (AvgIpc) is 3.34. The summed E-state index contributed by atoms with van der Waals surface area (Å²) in [7, 11) is 1.61. The van der Waals surface area contributed by atoms with Gasteiger partial charge >= 0.3 is 17.9 Å². The lowest BCUT2D eigenvalue weighted by atomic mass is 9.96. The first-order chi connectivity index (χ1) is 19.9. The zero-order valence-corrected chi connectivity index (χ0v) is 22.6. The van der Waals surface area contributed by atoms with Gasteiger partial charge in [0, 0.05) is 25.2 Å². The minimum Gasteiger partial charge on any atom is -0.493 e. The van der Waals surface area contributed by atoms with Gasteiger partial charge in [0.15, 0.2) is 22.9 Å². The molecule has 14 nitrogen and oxygen atoms in total. The minimum absolute atomic E-state index is 0.110. The number of hydrogen-bond acceptors (Lipinski definition) is 10. The molecule has 226 valence electrons. The van der Waals surface area contributed by atoms with Crippen molar-refractivity contribution in [1.29, 1.82) is 0 Å². The standard InChI is InChI=1S/C21H23FN4O3.C6H8O7/c1-28-18-7-3-5-16(21(18)29-14-15-4-2-6-17(22)10-15)11-25-8-9-26-19(12-25)23-24-20(26)13-27;7-3(8)1-6(13,5(11)12)2-4(9)10/h2-7,10,27H,8-9,11-14H2,1H3;13H,1-2H2,(H,7,8)(H,9,10)(H,11,12). The summed E-state index contributed by atoms with van der Waals surface area (Å²) >= 11 is 0. The van der Waals surface area contributed by atoms with Gasteiger partial charge in [-0.3, -0.25) is 14.5 Å². The van der Waals surface area contributed by atoms with E-state index in [9.17, 15) is 23.9 Å². The van der Waals surface area contributed by atoms with E-state index in [4.69, 9.17) is 29.9 Å². The van der Waals surface area contributed by atoms with E-state index in [1.54, 1.807) is 13.2 Å². The van der Waals surface area contributed by atoms with Crippen molar-refractivity contribution >= 4 is 17.9 Å². The van der Waals surface area contributed by atoms with Gasteiger partial charge in [-0.05, 0) is 23.8 Å². The third kappa shape index (κ3) is 8.45. The molecule has 2 aromatic carbocycles. The molecule has 1 aromatic heterocycles. The fraction of sp³-hybridized carbons (Fsp3) is 0.370. The Morgan fingerprint density at radius 1 is 1.02 bits per heavy atom. The van der Waals surface area contributed by atoms with Gasteiger partial charge in [-0.25, -0.2) is 9.18 Å². The number of aliphatic hydroxyl groups excluding tert-OH is 1. The van der Waals surface area contributed by atoms with Crippen molar-refractivity contribution in [3.05, 3.63) is 71.1 Å². The van der Waals surface area contributed by atoms with Crippen molar-refractivity contribution in [1.82, 2.24) is 19.7 Å². The van der Waals surface area contributed by atoms with Crippen LogP contribution in [0.25, 0.3) is 0 Å². The van der Waals surface area contributed by atoms with Crippen LogP contribution in [0.5, 0.6) is 11.5 Å². The maximum Gasteiger partial charge on any atom is 0.336 e. The van der Waals surface area contributed by atoms with E-state index in [1.807, 2.05) is 28.8 Å². The molecule has 1 aliphatic heterocycles. The molecule has 42 heavy (non-hydrogen) atoms. The smallest absolute Gasteiger partial charge is 0.336 e. The van der Waals surface area contributed by atoms with E-state index in [1.165, 1.54) is 12.1 Å². The van der Waals surface area contributed by atoms with Crippen molar-refractivity contribution in [3.63, 3.8) is 0 Å². The van der Waals surface area contributed by atoms with E-state index in [-0.39, 0.29) is 19.0 Å². The van der Waals surface area contributed by atoms with Crippen molar-refractivity contribution in [2.45, 2.75) is 51.3 Å². The molecule has 5 N–H and O–H groups in total. The maximum absolute atomic E-state index is 13.5. The second kappa shape index (κ2) is 14.3. The molecule has 0 aliphatic carbocycles. The first-order valence-electron chi connectivity index (χ1n) is 12.6. The van der Waals surface area contributed by atoms with E-state index in [2.05, 4.69) is 15.1 Å². The Morgan fingerprint density at radius 3 is 2.31 bits per heavy atom. The highest BCUT2D eigenvalue weighted by molar-refractivity contribution is 5.88. The molecule has 4 rings (SSSR count). The number of hydrogen-bond donors (Lipinski definition) is 5. The molecule has 0 atom stereocenters. The Hall–Kier alpha value is -4.60. The van der Waals surface area contributed by atoms with Gasteiger partial charge in [0.1, 0.15) is 24.9 Å². The molecule has 0 radical (unpaired) electrons. The molecule has 3 aromatic rings. The zero-order valence-electron chi connectivity index (χ0n) is 22.6. The first-order valence-corrected chi connectivity index (χ1v) is 12.6. The van der Waals surface area contributed by atoms with E-state index in [0.717, 1.165) is 30.0 Å². The quantitative estimate of drug-likeness (QED) is 0.202. The number of fused-ring (bicyclic) bond motifs is 1. The van der Waals surface area contributed by atoms with Gasteiger partial charge in [-0.15, -0.1) is 10.2 Å². The highest BCUT2D eigenvalue weighted by Crippen LogP contribution is 2.33. The summed E-state index contributed by atoms with van der Waals surface area (Å²) in [6.45, 7) is 2.95. The number of aliphatic carboxylic acids is 3. The topological polar surface area (TPSA) is 205 Å². The molecule has 0 amide bonds. The normalized spacial score (nSPS) is 13.0. The van der Waals surface area contributed by atoms with E-state index < -0.39 is 36.4 Å². The van der Waals surface area contributed by atoms with Crippen molar-refractivity contribution in [2.75, 3.05) is 13.7 Å². The highest BCUT2D eigenvalue weighted by Gasteiger charge is 2.40. The van der Waals surface area contributed by atoms with Crippen LogP contribution in [0.1, 0.15) is 35.6 Å². The van der Waals surface area contributed by atoms with Crippen LogP contribution in [-0.2, 0) is 47.2 Å². The van der Waals surface area contributed by atoms with Crippen molar-refractivity contribution in [2.24, 2.45) is 0 Å². The van der Waals surface area contributed by atoms with Gasteiger partial charge in [0.2, 0.25) is 0 Å². The monoisotopic (exact) mass is 590 g/mol. The fourth-order valence-electron chi connectivity index (χ4n) is 4.27. The van der Waals surface area contributed by atoms with Gasteiger partial charge in [-0.1, -0.05) is 24.3 Å². The third-order valence-corrected chi connectivity index (χ3v) is 6.28. The van der Waals surface area contributed by atoms with Crippen LogP contribution in [0, 0.1) is 5.82 Å². The number of halogens is 1. The number of ether oxygens (including phenoxy) is 2. The SMILES string of the molecule is COc1cccc(CN2CCn3c(CO)nnc3C2)c1OCc1cccc(F)c1.O=C(O)CC(O)(CC(=O)O)C(=O)O. The molecular formula is C27H31FN4O10. The molecule has 0 saturated heterocycles. The maximum atomic E-state index is 13.5. The van der Waals surface area contributed by atoms with Gasteiger partial charge in [-0.2, -0.15) is 0 Å². The van der Waals surface area contributed by atoms with Gasteiger partial charge < -0.3 is 39.6 Å². The summed E-state index contributed by atoms with van der Waals surface area (Å²) in [6.07, 6.45) is -2.29. The summed E-state index contributed by atoms with van der Waals surface area (Å²) < 4.78 is 27.0. The number of nitrogens with zero attached hydrogens (tertiary/aromatic N) is 4. The Morgan fingerprint density at radius 2 is 1.71 bits per heavy atom. The Bertz CT molecular complexity index is 1400. The fourth-order valence-corrected chi connectivity index (χ4v) is 4.27. The lowest BCUT2D eigenvalue weighted by molar-refractivity contribution is -0.170. The molecule has 1 aliphatic rings. The number of benzene rings is 2. The number of para-hydroxylation sites is 1. The number of carboxylic acid groups (broad SMARTS) is 3. The van der Waals surface area contributed by atoms with Crippen LogP contribution in [0.3, 0.4) is 0 Å². The molecule has 0 spiro atoms. The summed E-state index contributed by atoms with van der Waals surface area (Å²) in [5.41, 5.74) is -1.00. The van der Waals surface area contributed by atoms with Crippen molar-refractivity contribution in [3.8, 4) is 11.5 Å². The largest absolute Gasteiger partial charge is 0.493 e. The molecule has 0 saturated carbocycles. The zero-order chi connectivity index (χ0) is 30.9. The summed E-state index contributed by atoms with van der Waals surface area (Å²) in [4.78, 5) is 32.7. The number of carbonyl (C=O) groups is 3. The average molecular weight is 591 g/mol. The van der Waals surface area contributed by atoms with Crippen LogP contribution in [0.4, 0.5) is 4.39 Å². The van der Waals surface area contributed by atoms with E-state index in [0.29, 0.717) is 30.4 Å².